The molecule has 64 heavy (non-hydrogen) atoms. The van der Waals surface area contributed by atoms with Crippen LogP contribution in [0.1, 0.15) is 69.4 Å². The van der Waals surface area contributed by atoms with Crippen LogP contribution in [0.15, 0.2) is 102 Å². The van der Waals surface area contributed by atoms with Crippen molar-refractivity contribution in [1.29, 1.82) is 21.0 Å². The Bertz CT molecular complexity index is 2830. The lowest BCUT2D eigenvalue weighted by atomic mass is 9.70. The smallest absolute Gasteiger partial charge is 0.306 e. The third kappa shape index (κ3) is 10.0. The van der Waals surface area contributed by atoms with Gasteiger partial charge in [-0.3, -0.25) is 24.1 Å². The van der Waals surface area contributed by atoms with Crippen molar-refractivity contribution in [2.75, 3.05) is 38.2 Å². The maximum Gasteiger partial charge on any atom is 0.306 e. The number of benzene rings is 4. The van der Waals surface area contributed by atoms with Crippen molar-refractivity contribution in [3.63, 3.8) is 0 Å². The van der Waals surface area contributed by atoms with Gasteiger partial charge in [-0.1, -0.05) is 99.5 Å². The molecule has 322 valence electrons. The Labute approximate surface area is 372 Å². The molecular weight excluding hydrogens is 805 g/mol. The first-order valence-corrected chi connectivity index (χ1v) is 21.5. The number of hydrogen-bond donors (Lipinski definition) is 0. The Morgan fingerprint density at radius 3 is 1.75 bits per heavy atom. The fraction of sp³-hybridized carbons (Fsp3) is 0.308. The van der Waals surface area contributed by atoms with Crippen molar-refractivity contribution in [2.45, 2.75) is 70.9 Å². The van der Waals surface area contributed by atoms with Gasteiger partial charge in [0.2, 0.25) is 0 Å². The first kappa shape index (κ1) is 45.9. The van der Waals surface area contributed by atoms with Gasteiger partial charge in [-0.05, 0) is 82.4 Å². The summed E-state index contributed by atoms with van der Waals surface area (Å²) in [6, 6.07) is 27.0. The normalized spacial score (nSPS) is 15.2. The zero-order valence-electron chi connectivity index (χ0n) is 36.2. The summed E-state index contributed by atoms with van der Waals surface area (Å²) in [5.74, 6) is -2.40. The summed E-state index contributed by atoms with van der Waals surface area (Å²) >= 11 is 0. The van der Waals surface area contributed by atoms with Gasteiger partial charge >= 0.3 is 11.9 Å². The number of allylic oxidation sites excluding steroid dienone is 4. The molecular formula is C52H48N6O6. The monoisotopic (exact) mass is 852 g/mol. The quantitative estimate of drug-likeness (QED) is 0.0355. The highest BCUT2D eigenvalue weighted by atomic mass is 16.5. The number of nitriles is 4. The van der Waals surface area contributed by atoms with Gasteiger partial charge in [-0.15, -0.1) is 0 Å². The predicted molar refractivity (Wildman–Crippen MR) is 243 cm³/mol. The number of rotatable bonds is 17. The van der Waals surface area contributed by atoms with Crippen LogP contribution in [-0.2, 0) is 35.3 Å². The highest BCUT2D eigenvalue weighted by Gasteiger charge is 2.46. The van der Waals surface area contributed by atoms with E-state index in [0.717, 1.165) is 44.5 Å². The van der Waals surface area contributed by atoms with Gasteiger partial charge in [0.1, 0.15) is 54.6 Å². The second-order valence-electron chi connectivity index (χ2n) is 15.7. The molecule has 0 amide bonds. The highest BCUT2D eigenvalue weighted by molar-refractivity contribution is 6.42. The number of ether oxygens (including phenoxy) is 2. The molecule has 1 fully saturated rings. The average molecular weight is 853 g/mol. The SMILES string of the molecule is CCCCN(CCCC)C1C=CC(=C2C(=O)C(c3ccc(N(C)CCOC(=O)CCC(=O)OCc4ccc5c(=C(C#N)C#N)c6ccccc6c(=C(C#N)C#N)c5c4)cc3)C2=O)C=C1. The number of hydrogen-bond acceptors (Lipinski definition) is 12. The molecule has 0 saturated heterocycles. The van der Waals surface area contributed by atoms with Crippen LogP contribution in [0, 0.1) is 45.3 Å². The van der Waals surface area contributed by atoms with E-state index in [-0.39, 0.29) is 60.4 Å². The number of fused-ring (bicyclic) bond motifs is 2. The lowest BCUT2D eigenvalue weighted by molar-refractivity contribution is -0.150. The zero-order chi connectivity index (χ0) is 45.8. The first-order valence-electron chi connectivity index (χ1n) is 21.5. The molecule has 6 rings (SSSR count). The number of Topliss-reactive ketones (excluding diaryl/α,β-unsaturated/α-hetero) is 2. The van der Waals surface area contributed by atoms with Gasteiger partial charge in [0.15, 0.2) is 11.6 Å². The average Bonchev–Trinajstić information content (AvgIpc) is 3.32. The highest BCUT2D eigenvalue weighted by Crippen LogP contribution is 2.38. The summed E-state index contributed by atoms with van der Waals surface area (Å²) in [6.45, 7) is 6.61. The Hall–Kier alpha value is -7.64. The number of unbranched alkanes of at least 4 members (excludes halogenated alkanes) is 2. The van der Waals surface area contributed by atoms with Crippen molar-refractivity contribution < 1.29 is 28.7 Å². The van der Waals surface area contributed by atoms with E-state index in [1.165, 1.54) is 0 Å². The summed E-state index contributed by atoms with van der Waals surface area (Å²) in [6.07, 6.45) is 12.0. The number of nitrogens with zero attached hydrogens (tertiary/aromatic N) is 6. The van der Waals surface area contributed by atoms with Gasteiger partial charge in [0, 0.05) is 29.2 Å². The minimum Gasteiger partial charge on any atom is -0.464 e. The molecule has 0 spiro atoms. The molecule has 1 saturated carbocycles. The van der Waals surface area contributed by atoms with Crippen LogP contribution < -0.4 is 15.3 Å². The lowest BCUT2D eigenvalue weighted by Crippen LogP contribution is -2.40. The van der Waals surface area contributed by atoms with E-state index in [2.05, 4.69) is 30.9 Å². The van der Waals surface area contributed by atoms with Gasteiger partial charge < -0.3 is 14.4 Å². The topological polar surface area (TPSA) is 188 Å². The molecule has 0 radical (unpaired) electrons. The molecule has 0 bridgehead atoms. The van der Waals surface area contributed by atoms with E-state index < -0.39 is 17.9 Å². The molecule has 12 heteroatoms. The summed E-state index contributed by atoms with van der Waals surface area (Å²) in [7, 11) is 1.83. The summed E-state index contributed by atoms with van der Waals surface area (Å²) in [5, 5.41) is 41.9. The number of carbonyl (C=O) groups is 4. The van der Waals surface area contributed by atoms with E-state index in [1.54, 1.807) is 54.6 Å². The van der Waals surface area contributed by atoms with Crippen LogP contribution in [0.2, 0.25) is 0 Å². The number of ketones is 2. The first-order chi connectivity index (χ1) is 31.1. The lowest BCUT2D eigenvalue weighted by Gasteiger charge is -2.31. The fourth-order valence-corrected chi connectivity index (χ4v) is 8.09. The van der Waals surface area contributed by atoms with E-state index in [4.69, 9.17) is 9.47 Å². The number of anilines is 1. The van der Waals surface area contributed by atoms with Crippen LogP contribution in [0.4, 0.5) is 5.69 Å². The third-order valence-corrected chi connectivity index (χ3v) is 11.6. The minimum absolute atomic E-state index is 0.0523. The summed E-state index contributed by atoms with van der Waals surface area (Å²) in [5.41, 5.74) is 2.58. The molecule has 0 atom stereocenters. The molecule has 0 aromatic heterocycles. The Balaban J connectivity index is 0.992. The van der Waals surface area contributed by atoms with Crippen molar-refractivity contribution in [2.24, 2.45) is 0 Å². The van der Waals surface area contributed by atoms with Crippen LogP contribution in [0.5, 0.6) is 0 Å². The largest absolute Gasteiger partial charge is 0.464 e. The summed E-state index contributed by atoms with van der Waals surface area (Å²) < 4.78 is 10.8. The van der Waals surface area contributed by atoms with Crippen LogP contribution in [-0.4, -0.2) is 67.7 Å². The number of esters is 2. The predicted octanol–water partition coefficient (Wildman–Crippen LogP) is 6.82. The van der Waals surface area contributed by atoms with Crippen LogP contribution in [0.3, 0.4) is 0 Å². The molecule has 4 aromatic carbocycles. The summed E-state index contributed by atoms with van der Waals surface area (Å²) in [4.78, 5) is 56.1. The molecule has 2 aliphatic carbocycles. The molecule has 0 N–H and O–H groups in total. The van der Waals surface area contributed by atoms with Gasteiger partial charge in [0.05, 0.1) is 25.0 Å². The molecule has 4 aromatic rings. The minimum atomic E-state index is -0.827. The molecule has 0 aliphatic heterocycles. The second-order valence-corrected chi connectivity index (χ2v) is 15.7. The van der Waals surface area contributed by atoms with Gasteiger partial charge in [0.25, 0.3) is 0 Å². The Kier molecular flexibility index (Phi) is 15.4. The van der Waals surface area contributed by atoms with E-state index >= 15 is 0 Å². The Morgan fingerprint density at radius 1 is 0.672 bits per heavy atom. The number of carbonyl (C=O) groups excluding carboxylic acids is 4. The van der Waals surface area contributed by atoms with Gasteiger partial charge in [-0.2, -0.15) is 21.0 Å². The molecule has 2 aliphatic rings. The molecule has 0 unspecified atom stereocenters. The van der Waals surface area contributed by atoms with E-state index in [1.807, 2.05) is 60.5 Å². The maximum atomic E-state index is 13.3. The second kappa shape index (κ2) is 21.4. The molecule has 0 heterocycles. The standard InChI is InChI=1S/C52H48N6O6/c1-4-6-24-58(25-7-5-2)40-19-15-36(16-20-40)50-51(61)49(52(50)62)35-13-17-39(18-14-35)57(3)26-27-63-45(59)22-23-46(60)64-33-34-12-21-43-44(28-34)48(38(31-55)32-56)42-11-9-8-10-41(42)47(43)37(29-53)30-54/h8-21,28,40,49H,4-7,22-27,33H2,1-3H3. The van der Waals surface area contributed by atoms with E-state index in [0.29, 0.717) is 55.2 Å². The van der Waals surface area contributed by atoms with Crippen LogP contribution >= 0.6 is 0 Å². The number of likely N-dealkylation sites (N-methyl/N-ethyl adjacent to an activating group) is 1. The zero-order valence-corrected chi connectivity index (χ0v) is 36.2. The Morgan fingerprint density at radius 2 is 1.20 bits per heavy atom. The maximum absolute atomic E-state index is 13.3. The van der Waals surface area contributed by atoms with Crippen LogP contribution in [0.25, 0.3) is 32.7 Å². The third-order valence-electron chi connectivity index (χ3n) is 11.6. The van der Waals surface area contributed by atoms with Crippen molar-refractivity contribution in [1.82, 2.24) is 4.90 Å². The van der Waals surface area contributed by atoms with Crippen molar-refractivity contribution in [3.8, 4) is 24.3 Å². The van der Waals surface area contributed by atoms with Gasteiger partial charge in [-0.25, -0.2) is 0 Å². The van der Waals surface area contributed by atoms with E-state index in [9.17, 15) is 40.2 Å². The molecule has 12 nitrogen and oxygen atoms in total. The van der Waals surface area contributed by atoms with Crippen molar-refractivity contribution in [3.05, 3.63) is 124 Å². The fourth-order valence-electron chi connectivity index (χ4n) is 8.09. The van der Waals surface area contributed by atoms with Crippen molar-refractivity contribution >= 4 is 61.9 Å².